The molecule has 1 aromatic heterocycles. The minimum absolute atomic E-state index is 0.0632. The highest BCUT2D eigenvalue weighted by Gasteiger charge is 2.27. The number of piperazine rings is 1. The third-order valence-electron chi connectivity index (χ3n) is 8.63. The SMILES string of the molecule is CC.CC.CC(=Nc1c(C)cc(F)cc1F)C(C)c1nc2ccc(C(=O)N3CCN(C4CCCCCC4)CC3)cc2n1C. The first kappa shape index (κ1) is 34.4. The minimum Gasteiger partial charge on any atom is -0.336 e. The summed E-state index contributed by atoms with van der Waals surface area (Å²) in [5.41, 5.74) is 3.60. The normalized spacial score (nSPS) is 17.4. The molecular formula is C35H51F2N5O. The van der Waals surface area contributed by atoms with Crippen molar-refractivity contribution < 1.29 is 13.6 Å². The lowest BCUT2D eigenvalue weighted by molar-refractivity contribution is 0.0551. The summed E-state index contributed by atoms with van der Waals surface area (Å²) in [4.78, 5) is 27.3. The number of imidazole rings is 1. The van der Waals surface area contributed by atoms with Gasteiger partial charge in [0.1, 0.15) is 17.3 Å². The maximum atomic E-state index is 14.4. The Hall–Kier alpha value is -3.13. The molecule has 2 aliphatic rings. The number of carbonyl (C=O) groups excluding carboxylic acids is 1. The molecular weight excluding hydrogens is 544 g/mol. The third-order valence-corrected chi connectivity index (χ3v) is 8.63. The number of aromatic nitrogens is 2. The van der Waals surface area contributed by atoms with Crippen LogP contribution in [-0.4, -0.2) is 63.2 Å². The van der Waals surface area contributed by atoms with Gasteiger partial charge in [-0.05, 0) is 56.5 Å². The molecule has 0 spiro atoms. The molecule has 1 saturated carbocycles. The second-order valence-corrected chi connectivity index (χ2v) is 11.2. The fourth-order valence-electron chi connectivity index (χ4n) is 6.12. The van der Waals surface area contributed by atoms with Crippen molar-refractivity contribution in [2.24, 2.45) is 12.0 Å². The lowest BCUT2D eigenvalue weighted by atomic mass is 10.1. The molecule has 2 heterocycles. The molecule has 1 aliphatic carbocycles. The molecule has 1 atom stereocenters. The van der Waals surface area contributed by atoms with Crippen LogP contribution in [0.15, 0.2) is 35.3 Å². The Morgan fingerprint density at radius 3 is 2.19 bits per heavy atom. The summed E-state index contributed by atoms with van der Waals surface area (Å²) in [6.45, 7) is 16.9. The summed E-state index contributed by atoms with van der Waals surface area (Å²) in [6.07, 6.45) is 7.92. The first-order valence-corrected chi connectivity index (χ1v) is 16.2. The molecule has 8 heteroatoms. The van der Waals surface area contributed by atoms with Crippen molar-refractivity contribution in [3.63, 3.8) is 0 Å². The van der Waals surface area contributed by atoms with Crippen LogP contribution < -0.4 is 0 Å². The Bertz CT molecular complexity index is 1360. The summed E-state index contributed by atoms with van der Waals surface area (Å²) in [7, 11) is 1.93. The number of rotatable bonds is 5. The molecule has 0 radical (unpaired) electrons. The van der Waals surface area contributed by atoms with E-state index < -0.39 is 11.6 Å². The Morgan fingerprint density at radius 1 is 0.953 bits per heavy atom. The number of aliphatic imine (C=N–C) groups is 1. The Balaban J connectivity index is 0.00000121. The van der Waals surface area contributed by atoms with Crippen molar-refractivity contribution in [3.8, 4) is 0 Å². The molecule has 236 valence electrons. The van der Waals surface area contributed by atoms with Crippen LogP contribution in [0.1, 0.15) is 108 Å². The number of halogens is 2. The molecule has 43 heavy (non-hydrogen) atoms. The summed E-state index contributed by atoms with van der Waals surface area (Å²) < 4.78 is 29.9. The summed E-state index contributed by atoms with van der Waals surface area (Å²) in [5.74, 6) is -0.664. The number of hydrogen-bond acceptors (Lipinski definition) is 4. The molecule has 1 amide bonds. The number of benzene rings is 2. The zero-order valence-corrected chi connectivity index (χ0v) is 27.5. The van der Waals surface area contributed by atoms with E-state index in [4.69, 9.17) is 4.98 Å². The number of fused-ring (bicyclic) bond motifs is 1. The fourth-order valence-corrected chi connectivity index (χ4v) is 6.12. The van der Waals surface area contributed by atoms with Crippen LogP contribution in [-0.2, 0) is 7.05 Å². The van der Waals surface area contributed by atoms with Crippen LogP contribution in [0.2, 0.25) is 0 Å². The van der Waals surface area contributed by atoms with Crippen LogP contribution in [0.4, 0.5) is 14.5 Å². The second-order valence-electron chi connectivity index (χ2n) is 11.2. The van der Waals surface area contributed by atoms with Gasteiger partial charge in [0.25, 0.3) is 5.91 Å². The van der Waals surface area contributed by atoms with Crippen LogP contribution in [0.5, 0.6) is 0 Å². The van der Waals surface area contributed by atoms with E-state index in [0.717, 1.165) is 49.1 Å². The molecule has 0 bridgehead atoms. The van der Waals surface area contributed by atoms with Gasteiger partial charge in [0, 0.05) is 56.6 Å². The van der Waals surface area contributed by atoms with Crippen molar-refractivity contribution in [1.82, 2.24) is 19.4 Å². The van der Waals surface area contributed by atoms with Crippen LogP contribution in [0, 0.1) is 18.6 Å². The second kappa shape index (κ2) is 16.1. The fraction of sp³-hybridized carbons (Fsp3) is 0.571. The third kappa shape index (κ3) is 8.08. The maximum absolute atomic E-state index is 14.4. The van der Waals surface area contributed by atoms with Gasteiger partial charge < -0.3 is 9.47 Å². The van der Waals surface area contributed by atoms with Crippen LogP contribution in [0.3, 0.4) is 0 Å². The highest BCUT2D eigenvalue weighted by atomic mass is 19.1. The number of carbonyl (C=O) groups is 1. The van der Waals surface area contributed by atoms with Gasteiger partial charge >= 0.3 is 0 Å². The van der Waals surface area contributed by atoms with Crippen molar-refractivity contribution >= 4 is 28.3 Å². The van der Waals surface area contributed by atoms with E-state index in [9.17, 15) is 13.6 Å². The first-order valence-electron chi connectivity index (χ1n) is 16.2. The average Bonchev–Trinajstić information content (AvgIpc) is 3.17. The number of nitrogens with zero attached hydrogens (tertiary/aromatic N) is 5. The lowest BCUT2D eigenvalue weighted by Gasteiger charge is -2.39. The van der Waals surface area contributed by atoms with Gasteiger partial charge in [-0.2, -0.15) is 0 Å². The molecule has 5 rings (SSSR count). The zero-order valence-electron chi connectivity index (χ0n) is 27.5. The smallest absolute Gasteiger partial charge is 0.254 e. The van der Waals surface area contributed by atoms with Gasteiger partial charge in [0.05, 0.1) is 17.0 Å². The molecule has 1 aliphatic heterocycles. The molecule has 3 aromatic rings. The summed E-state index contributed by atoms with van der Waals surface area (Å²) >= 11 is 0. The molecule has 0 N–H and O–H groups in total. The van der Waals surface area contributed by atoms with Crippen LogP contribution >= 0.6 is 0 Å². The standard InChI is InChI=1S/C31H39F2N5O.2C2H6/c1-20-17-24(32)19-26(33)29(20)34-22(3)21(2)30-35-27-12-11-23(18-28(27)36(30)4)31(39)38-15-13-37(14-16-38)25-9-7-5-6-8-10-25;2*1-2/h11-12,17-19,21,25H,5-10,13-16H2,1-4H3;2*1-2H3. The largest absolute Gasteiger partial charge is 0.336 e. The van der Waals surface area contributed by atoms with Gasteiger partial charge in [-0.1, -0.05) is 60.3 Å². The van der Waals surface area contributed by atoms with Crippen molar-refractivity contribution in [2.75, 3.05) is 26.2 Å². The molecule has 1 saturated heterocycles. The Kier molecular flexibility index (Phi) is 12.9. The summed E-state index contributed by atoms with van der Waals surface area (Å²) in [6, 6.07) is 8.50. The van der Waals surface area contributed by atoms with E-state index >= 15 is 0 Å². The van der Waals surface area contributed by atoms with Gasteiger partial charge in [-0.15, -0.1) is 0 Å². The number of hydrogen-bond donors (Lipinski definition) is 0. The van der Waals surface area contributed by atoms with Gasteiger partial charge in [0.15, 0.2) is 5.82 Å². The predicted octanol–water partition coefficient (Wildman–Crippen LogP) is 8.59. The van der Waals surface area contributed by atoms with E-state index in [0.29, 0.717) is 22.9 Å². The van der Waals surface area contributed by atoms with Crippen molar-refractivity contribution in [2.45, 2.75) is 99.0 Å². The Morgan fingerprint density at radius 2 is 1.58 bits per heavy atom. The van der Waals surface area contributed by atoms with E-state index in [2.05, 4.69) is 9.89 Å². The molecule has 2 aromatic carbocycles. The van der Waals surface area contributed by atoms with Crippen LogP contribution in [0.25, 0.3) is 11.0 Å². The van der Waals surface area contributed by atoms with Crippen molar-refractivity contribution in [1.29, 1.82) is 0 Å². The predicted molar refractivity (Wildman–Crippen MR) is 175 cm³/mol. The summed E-state index contributed by atoms with van der Waals surface area (Å²) in [5, 5.41) is 0. The monoisotopic (exact) mass is 595 g/mol. The maximum Gasteiger partial charge on any atom is 0.254 e. The van der Waals surface area contributed by atoms with Gasteiger partial charge in [-0.3, -0.25) is 14.7 Å². The van der Waals surface area contributed by atoms with E-state index in [-0.39, 0.29) is 17.5 Å². The zero-order chi connectivity index (χ0) is 31.7. The number of aryl methyl sites for hydroxylation is 2. The Labute approximate surface area is 257 Å². The topological polar surface area (TPSA) is 53.7 Å². The first-order chi connectivity index (χ1) is 20.7. The number of amides is 1. The minimum atomic E-state index is -0.678. The van der Waals surface area contributed by atoms with Gasteiger partial charge in [0.2, 0.25) is 0 Å². The van der Waals surface area contributed by atoms with Crippen molar-refractivity contribution in [3.05, 3.63) is 58.9 Å². The van der Waals surface area contributed by atoms with E-state index in [1.165, 1.54) is 44.6 Å². The average molecular weight is 596 g/mol. The molecule has 1 unspecified atom stereocenters. The van der Waals surface area contributed by atoms with E-state index in [1.807, 2.05) is 76.3 Å². The highest BCUT2D eigenvalue weighted by molar-refractivity contribution is 5.98. The quantitative estimate of drug-likeness (QED) is 0.219. The highest BCUT2D eigenvalue weighted by Crippen LogP contribution is 2.29. The molecule has 6 nitrogen and oxygen atoms in total. The van der Waals surface area contributed by atoms with Gasteiger partial charge in [-0.25, -0.2) is 13.8 Å². The lowest BCUT2D eigenvalue weighted by Crippen LogP contribution is -2.51. The molecule has 2 fully saturated rings. The van der Waals surface area contributed by atoms with E-state index in [1.54, 1.807) is 6.92 Å².